The largest absolute Gasteiger partial charge is 0.494 e. The van der Waals surface area contributed by atoms with Crippen molar-refractivity contribution in [3.63, 3.8) is 0 Å². The van der Waals surface area contributed by atoms with Crippen molar-refractivity contribution < 1.29 is 14.1 Å². The van der Waals surface area contributed by atoms with Crippen molar-refractivity contribution in [2.75, 3.05) is 13.2 Å². The van der Waals surface area contributed by atoms with Gasteiger partial charge in [0.2, 0.25) is 17.6 Å². The maximum absolute atomic E-state index is 12.2. The first-order valence-electron chi connectivity index (χ1n) is 9.12. The van der Waals surface area contributed by atoms with Crippen molar-refractivity contribution in [2.45, 2.75) is 52.0 Å². The normalized spacial score (nSPS) is 11.0. The van der Waals surface area contributed by atoms with Gasteiger partial charge in [-0.1, -0.05) is 19.0 Å². The van der Waals surface area contributed by atoms with Gasteiger partial charge in [0.1, 0.15) is 5.75 Å². The number of hydrogen-bond acceptors (Lipinski definition) is 6. The zero-order valence-corrected chi connectivity index (χ0v) is 17.0. The predicted octanol–water partition coefficient (Wildman–Crippen LogP) is 3.12. The lowest BCUT2D eigenvalue weighted by molar-refractivity contribution is -0.123. The molecule has 7 nitrogen and oxygen atoms in total. The minimum Gasteiger partial charge on any atom is -0.494 e. The van der Waals surface area contributed by atoms with Crippen LogP contribution in [0.5, 0.6) is 5.75 Å². The molecule has 0 bridgehead atoms. The van der Waals surface area contributed by atoms with E-state index in [1.54, 1.807) is 0 Å². The molecule has 8 heteroatoms. The number of nitrogens with zero attached hydrogens (tertiary/aromatic N) is 2. The van der Waals surface area contributed by atoms with Crippen LogP contribution in [-0.2, 0) is 11.2 Å². The van der Waals surface area contributed by atoms with Gasteiger partial charge in [0.25, 0.3) is 0 Å². The number of rotatable bonds is 10. The lowest BCUT2D eigenvalue weighted by Crippen LogP contribution is -2.52. The number of amides is 1. The number of aromatic nitrogens is 2. The molecule has 0 radical (unpaired) electrons. The van der Waals surface area contributed by atoms with Crippen LogP contribution in [0.25, 0.3) is 11.4 Å². The van der Waals surface area contributed by atoms with E-state index in [9.17, 15) is 4.79 Å². The molecule has 0 spiro atoms. The summed E-state index contributed by atoms with van der Waals surface area (Å²) in [5.41, 5.74) is 6.32. The Morgan fingerprint density at radius 3 is 2.44 bits per heavy atom. The van der Waals surface area contributed by atoms with E-state index in [0.29, 0.717) is 31.3 Å². The second-order valence-corrected chi connectivity index (χ2v) is 6.21. The molecule has 0 saturated carbocycles. The van der Waals surface area contributed by atoms with Crippen LogP contribution < -0.4 is 15.8 Å². The van der Waals surface area contributed by atoms with E-state index in [1.807, 2.05) is 45.0 Å². The zero-order valence-electron chi connectivity index (χ0n) is 16.2. The third-order valence-corrected chi connectivity index (χ3v) is 4.61. The van der Waals surface area contributed by atoms with E-state index >= 15 is 0 Å². The van der Waals surface area contributed by atoms with Crippen molar-refractivity contribution in [1.29, 1.82) is 0 Å². The van der Waals surface area contributed by atoms with Crippen LogP contribution in [0.15, 0.2) is 28.8 Å². The second kappa shape index (κ2) is 10.9. The standard InChI is InChI=1S/C19H28N4O3.ClH/c1-4-19(5-2,13-20)22-16(24)11-12-17-21-18(23-26-17)14-7-9-15(10-8-14)25-6-3;/h7-10H,4-6,11-13,20H2,1-3H3,(H,22,24);1H. The molecule has 1 amide bonds. The van der Waals surface area contributed by atoms with E-state index < -0.39 is 0 Å². The molecule has 1 heterocycles. The molecule has 0 unspecified atom stereocenters. The van der Waals surface area contributed by atoms with E-state index in [4.69, 9.17) is 15.0 Å². The second-order valence-electron chi connectivity index (χ2n) is 6.21. The molecule has 0 aliphatic carbocycles. The quantitative estimate of drug-likeness (QED) is 0.639. The number of nitrogens with two attached hydrogens (primary N) is 1. The summed E-state index contributed by atoms with van der Waals surface area (Å²) in [6, 6.07) is 7.49. The Hall–Kier alpha value is -2.12. The van der Waals surface area contributed by atoms with E-state index in [1.165, 1.54) is 0 Å². The monoisotopic (exact) mass is 396 g/mol. The third-order valence-electron chi connectivity index (χ3n) is 4.61. The van der Waals surface area contributed by atoms with Crippen LogP contribution >= 0.6 is 12.4 Å². The van der Waals surface area contributed by atoms with Crippen LogP contribution in [0.3, 0.4) is 0 Å². The first-order valence-corrected chi connectivity index (χ1v) is 9.12. The van der Waals surface area contributed by atoms with Gasteiger partial charge in [0.15, 0.2) is 0 Å². The summed E-state index contributed by atoms with van der Waals surface area (Å²) in [5, 5.41) is 7.02. The molecule has 0 aliphatic rings. The van der Waals surface area contributed by atoms with Gasteiger partial charge in [-0.25, -0.2) is 0 Å². The summed E-state index contributed by atoms with van der Waals surface area (Å²) in [7, 11) is 0. The summed E-state index contributed by atoms with van der Waals surface area (Å²) in [4.78, 5) is 16.6. The fourth-order valence-corrected chi connectivity index (χ4v) is 2.69. The summed E-state index contributed by atoms with van der Waals surface area (Å²) in [6.07, 6.45) is 2.28. The van der Waals surface area contributed by atoms with Crippen molar-refractivity contribution in [1.82, 2.24) is 15.5 Å². The highest BCUT2D eigenvalue weighted by Gasteiger charge is 2.26. The maximum Gasteiger partial charge on any atom is 0.227 e. The average Bonchev–Trinajstić information content (AvgIpc) is 3.14. The number of aryl methyl sites for hydroxylation is 1. The molecule has 27 heavy (non-hydrogen) atoms. The van der Waals surface area contributed by atoms with Crippen molar-refractivity contribution in [3.8, 4) is 17.1 Å². The van der Waals surface area contributed by atoms with Gasteiger partial charge in [0.05, 0.1) is 12.1 Å². The lowest BCUT2D eigenvalue weighted by atomic mass is 9.92. The van der Waals surface area contributed by atoms with Gasteiger partial charge in [0, 0.05) is 24.9 Å². The van der Waals surface area contributed by atoms with Crippen LogP contribution in [0.1, 0.15) is 45.9 Å². The molecule has 0 fully saturated rings. The molecule has 0 aliphatic heterocycles. The molecule has 1 aromatic carbocycles. The van der Waals surface area contributed by atoms with Gasteiger partial charge in [-0.2, -0.15) is 4.98 Å². The molecule has 2 aromatic rings. The van der Waals surface area contributed by atoms with Crippen molar-refractivity contribution in [2.24, 2.45) is 5.73 Å². The highest BCUT2D eigenvalue weighted by molar-refractivity contribution is 5.85. The molecule has 2 rings (SSSR count). The van der Waals surface area contributed by atoms with Gasteiger partial charge in [-0.3, -0.25) is 4.79 Å². The van der Waals surface area contributed by atoms with E-state index in [2.05, 4.69) is 15.5 Å². The number of halogens is 1. The number of ether oxygens (including phenoxy) is 1. The highest BCUT2D eigenvalue weighted by Crippen LogP contribution is 2.20. The predicted molar refractivity (Wildman–Crippen MR) is 107 cm³/mol. The topological polar surface area (TPSA) is 103 Å². The summed E-state index contributed by atoms with van der Waals surface area (Å²) < 4.78 is 10.7. The van der Waals surface area contributed by atoms with Crippen LogP contribution in [-0.4, -0.2) is 34.7 Å². The molecular formula is C19H29ClN4O3. The molecular weight excluding hydrogens is 368 g/mol. The molecule has 0 saturated heterocycles. The Labute approximate surface area is 166 Å². The van der Waals surface area contributed by atoms with Crippen LogP contribution in [0, 0.1) is 0 Å². The molecule has 0 atom stereocenters. The Morgan fingerprint density at radius 2 is 1.89 bits per heavy atom. The summed E-state index contributed by atoms with van der Waals surface area (Å²) in [5.74, 6) is 1.68. The third kappa shape index (κ3) is 6.22. The molecule has 3 N–H and O–H groups in total. The first kappa shape index (κ1) is 22.9. The minimum absolute atomic E-state index is 0. The van der Waals surface area contributed by atoms with E-state index in [0.717, 1.165) is 24.2 Å². The molecule has 1 aromatic heterocycles. The van der Waals surface area contributed by atoms with Crippen molar-refractivity contribution in [3.05, 3.63) is 30.2 Å². The first-order chi connectivity index (χ1) is 12.6. The van der Waals surface area contributed by atoms with Gasteiger partial charge in [-0.15, -0.1) is 12.4 Å². The number of carbonyl (C=O) groups excluding carboxylic acids is 1. The van der Waals surface area contributed by atoms with Crippen molar-refractivity contribution >= 4 is 18.3 Å². The minimum atomic E-state index is -0.334. The average molecular weight is 397 g/mol. The number of hydrogen-bond donors (Lipinski definition) is 2. The Kier molecular flexibility index (Phi) is 9.25. The number of carbonyl (C=O) groups is 1. The SMILES string of the molecule is CCOc1ccc(-c2noc(CCC(=O)NC(CC)(CC)CN)n2)cc1.Cl. The van der Waals surface area contributed by atoms with E-state index in [-0.39, 0.29) is 30.3 Å². The fraction of sp³-hybridized carbons (Fsp3) is 0.526. The van der Waals surface area contributed by atoms with Gasteiger partial charge < -0.3 is 20.3 Å². The Morgan fingerprint density at radius 1 is 1.22 bits per heavy atom. The lowest BCUT2D eigenvalue weighted by Gasteiger charge is -2.31. The smallest absolute Gasteiger partial charge is 0.227 e. The maximum atomic E-state index is 12.2. The fourth-order valence-electron chi connectivity index (χ4n) is 2.69. The summed E-state index contributed by atoms with van der Waals surface area (Å²) >= 11 is 0. The van der Waals surface area contributed by atoms with Crippen LogP contribution in [0.2, 0.25) is 0 Å². The van der Waals surface area contributed by atoms with Gasteiger partial charge >= 0.3 is 0 Å². The number of benzene rings is 1. The highest BCUT2D eigenvalue weighted by atomic mass is 35.5. The Balaban J connectivity index is 0.00000364. The van der Waals surface area contributed by atoms with Crippen LogP contribution in [0.4, 0.5) is 0 Å². The number of nitrogens with one attached hydrogen (secondary N) is 1. The summed E-state index contributed by atoms with van der Waals surface area (Å²) in [6.45, 7) is 7.03. The zero-order chi connectivity index (χ0) is 19.0. The molecule has 150 valence electrons. The van der Waals surface area contributed by atoms with Gasteiger partial charge in [-0.05, 0) is 44.0 Å². The Bertz CT molecular complexity index is 691.